The van der Waals surface area contributed by atoms with Gasteiger partial charge in [0.1, 0.15) is 6.61 Å². The maximum absolute atomic E-state index is 12.7. The van der Waals surface area contributed by atoms with Crippen molar-refractivity contribution in [1.29, 1.82) is 0 Å². The predicted octanol–water partition coefficient (Wildman–Crippen LogP) is 22.1. The highest BCUT2D eigenvalue weighted by Gasteiger charge is 2.26. The van der Waals surface area contributed by atoms with Gasteiger partial charge in [-0.2, -0.15) is 0 Å². The van der Waals surface area contributed by atoms with E-state index in [1.54, 1.807) is 0 Å². The minimum absolute atomic E-state index is 0.0539. The fourth-order valence-electron chi connectivity index (χ4n) is 10.1. The van der Waals surface area contributed by atoms with Gasteiger partial charge < -0.3 is 20.1 Å². The zero-order valence-electron chi connectivity index (χ0n) is 52.1. The van der Waals surface area contributed by atoms with E-state index in [0.717, 1.165) is 44.9 Å². The lowest BCUT2D eigenvalue weighted by molar-refractivity contribution is -0.161. The van der Waals surface area contributed by atoms with Gasteiger partial charge in [-0.15, -0.1) is 0 Å². The highest BCUT2D eigenvalue weighted by atomic mass is 31.2. The first kappa shape index (κ1) is 77.0. The zero-order valence-corrected chi connectivity index (χ0v) is 53.0. The van der Waals surface area contributed by atoms with E-state index in [1.807, 2.05) is 0 Å². The first-order valence-electron chi connectivity index (χ1n) is 34.1. The molecule has 10 heteroatoms. The van der Waals surface area contributed by atoms with Gasteiger partial charge in [0, 0.05) is 19.4 Å². The quantitative estimate of drug-likeness (QED) is 0.0264. The highest BCUT2D eigenvalue weighted by molar-refractivity contribution is 7.47. The van der Waals surface area contributed by atoms with Crippen molar-refractivity contribution in [1.82, 2.24) is 0 Å². The maximum Gasteiger partial charge on any atom is 0.472 e. The van der Waals surface area contributed by atoms with Crippen molar-refractivity contribution in [3.8, 4) is 0 Å². The molecule has 0 aliphatic carbocycles. The number of hydrogen-bond donors (Lipinski definition) is 2. The van der Waals surface area contributed by atoms with Crippen molar-refractivity contribution in [2.24, 2.45) is 5.73 Å². The van der Waals surface area contributed by atoms with Crippen LogP contribution in [0, 0.1) is 0 Å². The summed E-state index contributed by atoms with van der Waals surface area (Å²) < 4.78 is 33.1. The number of nitrogens with two attached hydrogens (primary N) is 1. The molecule has 0 amide bonds. The Kier molecular flexibility index (Phi) is 63.5. The second-order valence-corrected chi connectivity index (χ2v) is 24.5. The Balaban J connectivity index is 3.80. The summed E-state index contributed by atoms with van der Waals surface area (Å²) in [7, 11) is -4.39. The summed E-state index contributed by atoms with van der Waals surface area (Å²) >= 11 is 0. The van der Waals surface area contributed by atoms with E-state index in [-0.39, 0.29) is 38.6 Å². The van der Waals surface area contributed by atoms with E-state index in [4.69, 9.17) is 24.3 Å². The fraction of sp³-hybridized carbons (Fsp3) is 0.855. The number of phosphoric ester groups is 1. The van der Waals surface area contributed by atoms with E-state index in [0.29, 0.717) is 6.42 Å². The van der Waals surface area contributed by atoms with Crippen LogP contribution in [0.4, 0.5) is 0 Å². The molecule has 0 spiro atoms. The second kappa shape index (κ2) is 65.1. The smallest absolute Gasteiger partial charge is 0.462 e. The summed E-state index contributed by atoms with van der Waals surface area (Å²) in [5.74, 6) is -0.816. The lowest BCUT2D eigenvalue weighted by atomic mass is 10.0. The number of rotatable bonds is 65. The molecule has 0 aromatic heterocycles. The predicted molar refractivity (Wildman–Crippen MR) is 340 cm³/mol. The number of allylic oxidation sites excluding steroid dienone is 8. The summed E-state index contributed by atoms with van der Waals surface area (Å²) in [6.07, 6.45) is 82.1. The van der Waals surface area contributed by atoms with Crippen LogP contribution in [0.2, 0.25) is 0 Å². The maximum atomic E-state index is 12.7. The number of hydrogen-bond acceptors (Lipinski definition) is 8. The Morgan fingerprint density at radius 2 is 0.658 bits per heavy atom. The molecule has 79 heavy (non-hydrogen) atoms. The molecule has 0 fully saturated rings. The molecule has 0 aliphatic heterocycles. The second-order valence-electron chi connectivity index (χ2n) is 23.0. The standard InChI is InChI=1S/C69H130NO8P/c1-3-5-7-9-11-13-15-17-19-21-23-25-26-27-28-29-30-31-32-33-34-35-36-37-38-39-40-42-44-46-48-50-52-54-56-58-60-62-69(72)78-67(66-77-79(73,74)76-64-63-70)65-75-68(71)61-59-57-55-53-51-49-47-45-43-41-24-22-20-18-16-14-12-10-8-6-4-2/h15-18,21-24,67H,3-14,19-20,25-66,70H2,1-2H3,(H,73,74)/b17-15-,18-16-,23-21-,24-22-. The van der Waals surface area contributed by atoms with Gasteiger partial charge in [-0.25, -0.2) is 4.57 Å². The van der Waals surface area contributed by atoms with Gasteiger partial charge in [-0.3, -0.25) is 18.6 Å². The molecular weight excluding hydrogens is 1000 g/mol. The van der Waals surface area contributed by atoms with Crippen LogP contribution < -0.4 is 5.73 Å². The van der Waals surface area contributed by atoms with Crippen molar-refractivity contribution >= 4 is 19.8 Å². The molecular formula is C69H130NO8P. The van der Waals surface area contributed by atoms with Crippen molar-refractivity contribution in [3.63, 3.8) is 0 Å². The number of esters is 2. The van der Waals surface area contributed by atoms with Gasteiger partial charge in [-0.1, -0.05) is 306 Å². The third kappa shape index (κ3) is 65.0. The Morgan fingerprint density at radius 3 is 0.962 bits per heavy atom. The molecule has 0 saturated heterocycles. The van der Waals surface area contributed by atoms with Crippen LogP contribution in [0.3, 0.4) is 0 Å². The van der Waals surface area contributed by atoms with E-state index < -0.39 is 26.5 Å². The SMILES string of the molecule is CCCCCCC/C=C\C/C=C\CCCCCCCCCCCCCCCCCCCCCCCCCCCC(=O)OC(COC(=O)CCCCCCCCCCC/C=C\C/C=C\CCCCCCC)COP(=O)(O)OCCN. The summed E-state index contributed by atoms with van der Waals surface area (Å²) in [5, 5.41) is 0. The van der Waals surface area contributed by atoms with Gasteiger partial charge in [0.2, 0.25) is 0 Å². The van der Waals surface area contributed by atoms with E-state index >= 15 is 0 Å². The monoisotopic (exact) mass is 1130 g/mol. The van der Waals surface area contributed by atoms with Gasteiger partial charge in [0.15, 0.2) is 6.10 Å². The Labute approximate surface area is 489 Å². The first-order chi connectivity index (χ1) is 38.8. The Morgan fingerprint density at radius 1 is 0.380 bits per heavy atom. The summed E-state index contributed by atoms with van der Waals surface area (Å²) in [6.45, 7) is 3.77. The van der Waals surface area contributed by atoms with E-state index in [2.05, 4.69) is 62.5 Å². The Bertz CT molecular complexity index is 1430. The van der Waals surface area contributed by atoms with Crippen LogP contribution >= 0.6 is 7.82 Å². The van der Waals surface area contributed by atoms with Crippen molar-refractivity contribution < 1.29 is 37.6 Å². The van der Waals surface area contributed by atoms with Crippen molar-refractivity contribution in [3.05, 3.63) is 48.6 Å². The third-order valence-electron chi connectivity index (χ3n) is 15.2. The number of unbranched alkanes of at least 4 members (excludes halogenated alkanes) is 44. The average Bonchev–Trinajstić information content (AvgIpc) is 3.44. The number of carbonyl (C=O) groups excluding carboxylic acids is 2. The molecule has 464 valence electrons. The summed E-state index contributed by atoms with van der Waals surface area (Å²) in [4.78, 5) is 35.3. The number of phosphoric acid groups is 1. The third-order valence-corrected chi connectivity index (χ3v) is 16.2. The lowest BCUT2D eigenvalue weighted by Crippen LogP contribution is -2.29. The molecule has 0 aliphatic rings. The largest absolute Gasteiger partial charge is 0.472 e. The van der Waals surface area contributed by atoms with Gasteiger partial charge >= 0.3 is 19.8 Å². The Hall–Kier alpha value is -2.03. The zero-order chi connectivity index (χ0) is 57.3. The van der Waals surface area contributed by atoms with Crippen LogP contribution in [-0.2, 0) is 32.7 Å². The number of ether oxygens (including phenoxy) is 2. The average molecular weight is 1130 g/mol. The topological polar surface area (TPSA) is 134 Å². The molecule has 0 radical (unpaired) electrons. The lowest BCUT2D eigenvalue weighted by Gasteiger charge is -2.19. The van der Waals surface area contributed by atoms with Crippen LogP contribution in [0.5, 0.6) is 0 Å². The van der Waals surface area contributed by atoms with Gasteiger partial charge in [-0.05, 0) is 77.0 Å². The van der Waals surface area contributed by atoms with Crippen LogP contribution in [-0.4, -0.2) is 49.3 Å². The molecule has 9 nitrogen and oxygen atoms in total. The number of carbonyl (C=O) groups is 2. The van der Waals surface area contributed by atoms with Gasteiger partial charge in [0.05, 0.1) is 13.2 Å². The molecule has 0 aromatic rings. The molecule has 0 bridgehead atoms. The highest BCUT2D eigenvalue weighted by Crippen LogP contribution is 2.43. The summed E-state index contributed by atoms with van der Waals surface area (Å²) in [6, 6.07) is 0. The van der Waals surface area contributed by atoms with Gasteiger partial charge in [0.25, 0.3) is 0 Å². The van der Waals surface area contributed by atoms with Crippen LogP contribution in [0.25, 0.3) is 0 Å². The van der Waals surface area contributed by atoms with Crippen LogP contribution in [0.1, 0.15) is 348 Å². The molecule has 0 rings (SSSR count). The first-order valence-corrected chi connectivity index (χ1v) is 35.6. The molecule has 0 aromatic carbocycles. The van der Waals surface area contributed by atoms with Crippen LogP contribution in [0.15, 0.2) is 48.6 Å². The van der Waals surface area contributed by atoms with E-state index in [1.165, 1.54) is 270 Å². The summed E-state index contributed by atoms with van der Waals surface area (Å²) in [5.41, 5.74) is 5.40. The molecule has 0 saturated carbocycles. The minimum Gasteiger partial charge on any atom is -0.462 e. The van der Waals surface area contributed by atoms with E-state index in [9.17, 15) is 19.0 Å². The van der Waals surface area contributed by atoms with Crippen molar-refractivity contribution in [2.45, 2.75) is 354 Å². The molecule has 2 atom stereocenters. The normalized spacial score (nSPS) is 13.2. The fourth-order valence-corrected chi connectivity index (χ4v) is 10.9. The molecule has 0 heterocycles. The van der Waals surface area contributed by atoms with Crippen molar-refractivity contribution in [2.75, 3.05) is 26.4 Å². The molecule has 2 unspecified atom stereocenters. The minimum atomic E-state index is -4.39. The molecule has 3 N–H and O–H groups in total.